The number of para-hydroxylation sites is 1. The van der Waals surface area contributed by atoms with Crippen molar-refractivity contribution in [1.82, 2.24) is 19.7 Å². The van der Waals surface area contributed by atoms with Crippen molar-refractivity contribution >= 4 is 17.5 Å². The van der Waals surface area contributed by atoms with Gasteiger partial charge in [0.1, 0.15) is 16.9 Å². The first-order chi connectivity index (χ1) is 14.0. The van der Waals surface area contributed by atoms with Gasteiger partial charge < -0.3 is 10.2 Å². The second-order valence-corrected chi connectivity index (χ2v) is 7.43. The Labute approximate surface area is 166 Å². The van der Waals surface area contributed by atoms with Crippen LogP contribution in [0.25, 0.3) is 0 Å². The predicted octanol–water partition coefficient (Wildman–Crippen LogP) is 2.43. The number of halogens is 1. The lowest BCUT2D eigenvalue weighted by molar-refractivity contribution is -0.121. The maximum absolute atomic E-state index is 13.3. The Kier molecular flexibility index (Phi) is 3.77. The Hall–Kier alpha value is -3.55. The van der Waals surface area contributed by atoms with Crippen molar-refractivity contribution in [3.8, 4) is 0 Å². The molecule has 146 valence electrons. The molecular formula is C21H18FN5O2. The van der Waals surface area contributed by atoms with Crippen LogP contribution in [0.5, 0.6) is 0 Å². The van der Waals surface area contributed by atoms with Crippen LogP contribution in [0.2, 0.25) is 0 Å². The summed E-state index contributed by atoms with van der Waals surface area (Å²) in [5.41, 5.74) is 1.65. The van der Waals surface area contributed by atoms with E-state index in [9.17, 15) is 14.0 Å². The number of carbonyl (C=O) groups is 2. The smallest absolute Gasteiger partial charge is 0.273 e. The van der Waals surface area contributed by atoms with Crippen molar-refractivity contribution < 1.29 is 14.0 Å². The van der Waals surface area contributed by atoms with Gasteiger partial charge in [-0.05, 0) is 30.2 Å². The number of benzene rings is 1. The molecule has 3 aromatic rings. The Morgan fingerprint density at radius 2 is 2.07 bits per heavy atom. The molecule has 4 heterocycles. The van der Waals surface area contributed by atoms with Gasteiger partial charge in [0.05, 0.1) is 18.4 Å². The maximum atomic E-state index is 13.3. The van der Waals surface area contributed by atoms with Crippen LogP contribution in [0.15, 0.2) is 55.0 Å². The van der Waals surface area contributed by atoms with E-state index in [4.69, 9.17) is 0 Å². The number of amides is 2. The molecule has 1 saturated heterocycles. The molecule has 2 atom stereocenters. The molecule has 1 aromatic carbocycles. The largest absolute Gasteiger partial charge is 0.329 e. The molecule has 0 radical (unpaired) electrons. The maximum Gasteiger partial charge on any atom is 0.273 e. The molecule has 29 heavy (non-hydrogen) atoms. The monoisotopic (exact) mass is 391 g/mol. The second kappa shape index (κ2) is 6.23. The Morgan fingerprint density at radius 1 is 1.24 bits per heavy atom. The van der Waals surface area contributed by atoms with Crippen molar-refractivity contribution in [2.45, 2.75) is 17.9 Å². The van der Waals surface area contributed by atoms with Crippen molar-refractivity contribution in [2.24, 2.45) is 7.05 Å². The zero-order chi connectivity index (χ0) is 20.2. The number of hydrogen-bond acceptors (Lipinski definition) is 4. The lowest BCUT2D eigenvalue weighted by Gasteiger charge is -2.33. The Bertz CT molecular complexity index is 1130. The van der Waals surface area contributed by atoms with Crippen LogP contribution in [0.1, 0.15) is 34.1 Å². The topological polar surface area (TPSA) is 80.1 Å². The van der Waals surface area contributed by atoms with E-state index in [0.717, 1.165) is 23.0 Å². The minimum atomic E-state index is -0.907. The number of anilines is 1. The summed E-state index contributed by atoms with van der Waals surface area (Å²) >= 11 is 0. The first kappa shape index (κ1) is 17.5. The predicted molar refractivity (Wildman–Crippen MR) is 103 cm³/mol. The summed E-state index contributed by atoms with van der Waals surface area (Å²) in [4.78, 5) is 32.1. The minimum absolute atomic E-state index is 0.130. The summed E-state index contributed by atoms with van der Waals surface area (Å²) in [6.45, 7) is 0.374. The first-order valence-corrected chi connectivity index (χ1v) is 9.33. The zero-order valence-corrected chi connectivity index (χ0v) is 15.7. The highest BCUT2D eigenvalue weighted by atomic mass is 19.1. The van der Waals surface area contributed by atoms with Crippen LogP contribution < -0.4 is 5.32 Å². The summed E-state index contributed by atoms with van der Waals surface area (Å²) in [6, 6.07) is 9.60. The standard InChI is InChI=1S/C21H18FN5O2/c1-26-12-13(10-24-26)18-21(15-4-2-3-5-16(15)25-20(21)29)8-9-27(18)19(28)17-7-6-14(22)11-23-17/h2-7,10-12,18H,8-9H2,1H3,(H,25,29). The molecule has 7 nitrogen and oxygen atoms in total. The third kappa shape index (κ3) is 2.48. The summed E-state index contributed by atoms with van der Waals surface area (Å²) in [7, 11) is 1.79. The number of nitrogens with one attached hydrogen (secondary N) is 1. The van der Waals surface area contributed by atoms with E-state index in [-0.39, 0.29) is 17.5 Å². The fourth-order valence-corrected chi connectivity index (χ4v) is 4.60. The molecule has 2 unspecified atom stereocenters. The number of aryl methyl sites for hydroxylation is 1. The van der Waals surface area contributed by atoms with E-state index in [1.807, 2.05) is 30.5 Å². The van der Waals surface area contributed by atoms with Gasteiger partial charge in [-0.2, -0.15) is 5.10 Å². The van der Waals surface area contributed by atoms with E-state index >= 15 is 0 Å². The SMILES string of the molecule is Cn1cc(C2N(C(=O)c3ccc(F)cn3)CCC23C(=O)Nc2ccccc23)cn1. The van der Waals surface area contributed by atoms with Crippen molar-refractivity contribution in [2.75, 3.05) is 11.9 Å². The van der Waals surface area contributed by atoms with E-state index in [2.05, 4.69) is 15.4 Å². The number of hydrogen-bond donors (Lipinski definition) is 1. The Morgan fingerprint density at radius 3 is 2.79 bits per heavy atom. The molecule has 1 N–H and O–H groups in total. The van der Waals surface area contributed by atoms with Crippen LogP contribution >= 0.6 is 0 Å². The number of carbonyl (C=O) groups excluding carboxylic acids is 2. The third-order valence-electron chi connectivity index (χ3n) is 5.83. The molecule has 1 fully saturated rings. The number of pyridine rings is 1. The molecule has 0 bridgehead atoms. The van der Waals surface area contributed by atoms with Gasteiger partial charge in [-0.3, -0.25) is 14.3 Å². The molecule has 1 spiro atoms. The van der Waals surface area contributed by atoms with Crippen molar-refractivity contribution in [3.63, 3.8) is 0 Å². The van der Waals surface area contributed by atoms with Crippen molar-refractivity contribution in [1.29, 1.82) is 0 Å². The molecule has 0 saturated carbocycles. The summed E-state index contributed by atoms with van der Waals surface area (Å²) in [5, 5.41) is 7.23. The normalized spacial score (nSPS) is 22.8. The first-order valence-electron chi connectivity index (χ1n) is 9.33. The van der Waals surface area contributed by atoms with Crippen molar-refractivity contribution in [3.05, 3.63) is 77.6 Å². The highest BCUT2D eigenvalue weighted by Gasteiger charge is 2.59. The minimum Gasteiger partial charge on any atom is -0.329 e. The number of rotatable bonds is 2. The molecule has 0 aliphatic carbocycles. The quantitative estimate of drug-likeness (QED) is 0.728. The van der Waals surface area contributed by atoms with Gasteiger partial charge in [-0.15, -0.1) is 0 Å². The van der Waals surface area contributed by atoms with Gasteiger partial charge in [0.15, 0.2) is 0 Å². The fraction of sp³-hybridized carbons (Fsp3) is 0.238. The van der Waals surface area contributed by atoms with E-state index in [1.165, 1.54) is 12.1 Å². The molecular weight excluding hydrogens is 373 g/mol. The van der Waals surface area contributed by atoms with Gasteiger partial charge in [-0.25, -0.2) is 9.37 Å². The number of fused-ring (bicyclic) bond motifs is 2. The molecule has 2 amide bonds. The third-order valence-corrected chi connectivity index (χ3v) is 5.83. The number of aromatic nitrogens is 3. The van der Waals surface area contributed by atoms with Crippen LogP contribution in [0, 0.1) is 5.82 Å². The van der Waals surface area contributed by atoms with Gasteiger partial charge >= 0.3 is 0 Å². The molecule has 2 aliphatic rings. The lowest BCUT2D eigenvalue weighted by atomic mass is 9.73. The zero-order valence-electron chi connectivity index (χ0n) is 15.7. The van der Waals surface area contributed by atoms with Gasteiger partial charge in [0.2, 0.25) is 5.91 Å². The van der Waals surface area contributed by atoms with Gasteiger partial charge in [0.25, 0.3) is 5.91 Å². The van der Waals surface area contributed by atoms with E-state index in [1.54, 1.807) is 22.8 Å². The van der Waals surface area contributed by atoms with Crippen LogP contribution in [0.4, 0.5) is 10.1 Å². The average Bonchev–Trinajstić information content (AvgIpc) is 3.39. The summed E-state index contributed by atoms with van der Waals surface area (Å²) in [6.07, 6.45) is 5.01. The highest BCUT2D eigenvalue weighted by molar-refractivity contribution is 6.08. The number of likely N-dealkylation sites (tertiary alicyclic amines) is 1. The average molecular weight is 391 g/mol. The van der Waals surface area contributed by atoms with E-state index < -0.39 is 17.3 Å². The van der Waals surface area contributed by atoms with Crippen LogP contribution in [0.3, 0.4) is 0 Å². The summed E-state index contributed by atoms with van der Waals surface area (Å²) < 4.78 is 14.9. The lowest BCUT2D eigenvalue weighted by Crippen LogP contribution is -2.42. The molecule has 2 aliphatic heterocycles. The molecule has 5 rings (SSSR count). The van der Waals surface area contributed by atoms with Gasteiger partial charge in [0, 0.05) is 31.0 Å². The Balaban J connectivity index is 1.65. The summed E-state index contributed by atoms with van der Waals surface area (Å²) in [5.74, 6) is -0.977. The van der Waals surface area contributed by atoms with Gasteiger partial charge in [-0.1, -0.05) is 18.2 Å². The molecule has 8 heteroatoms. The van der Waals surface area contributed by atoms with Crippen LogP contribution in [-0.4, -0.2) is 38.0 Å². The van der Waals surface area contributed by atoms with E-state index in [0.29, 0.717) is 13.0 Å². The number of nitrogens with zero attached hydrogens (tertiary/aromatic N) is 4. The molecule has 2 aromatic heterocycles. The fourth-order valence-electron chi connectivity index (χ4n) is 4.60. The highest BCUT2D eigenvalue weighted by Crippen LogP contribution is 2.54. The van der Waals surface area contributed by atoms with Crippen LogP contribution in [-0.2, 0) is 17.3 Å². The second-order valence-electron chi connectivity index (χ2n) is 7.43.